The quantitative estimate of drug-likeness (QED) is 0.128. The number of carbonyl (C=O) groups is 3. The molecule has 0 aromatic carbocycles. The van der Waals surface area contributed by atoms with E-state index in [1.807, 2.05) is 44.2 Å². The monoisotopic (exact) mass is 625 g/mol. The second-order valence-corrected chi connectivity index (χ2v) is 13.4. The van der Waals surface area contributed by atoms with Crippen LogP contribution < -0.4 is 5.11 Å². The second kappa shape index (κ2) is 15.3. The third kappa shape index (κ3) is 7.01. The minimum atomic E-state index is -0.237. The number of rotatable bonds is 13. The molecule has 3 atom stereocenters. The van der Waals surface area contributed by atoms with Gasteiger partial charge in [0, 0.05) is 24.0 Å². The summed E-state index contributed by atoms with van der Waals surface area (Å²) in [4.78, 5) is 39.2. The fourth-order valence-corrected chi connectivity index (χ4v) is 7.85. The topological polar surface area (TPSA) is 92.7 Å². The summed E-state index contributed by atoms with van der Waals surface area (Å²) in [6.07, 6.45) is 11.9. The summed E-state index contributed by atoms with van der Waals surface area (Å²) < 4.78 is 10.8. The predicted octanol–water partition coefficient (Wildman–Crippen LogP) is 7.83. The van der Waals surface area contributed by atoms with Gasteiger partial charge in [-0.3, -0.25) is 14.4 Å². The van der Waals surface area contributed by atoms with Crippen molar-refractivity contribution in [1.29, 1.82) is 0 Å². The van der Waals surface area contributed by atoms with E-state index in [1.54, 1.807) is 0 Å². The van der Waals surface area contributed by atoms with Crippen molar-refractivity contribution < 1.29 is 29.0 Å². The van der Waals surface area contributed by atoms with Gasteiger partial charge in [-0.05, 0) is 104 Å². The molecule has 46 heavy (non-hydrogen) atoms. The fraction of sp³-hybridized carbons (Fsp3) is 0.525. The fourth-order valence-electron chi connectivity index (χ4n) is 7.85. The van der Waals surface area contributed by atoms with E-state index in [1.165, 1.54) is 0 Å². The Kier molecular flexibility index (Phi) is 11.2. The normalized spacial score (nSPS) is 22.7. The number of aryl methyl sites for hydroxylation is 2. The Bertz CT molecular complexity index is 1520. The lowest BCUT2D eigenvalue weighted by Crippen LogP contribution is -2.33. The SMILES string of the molecule is CCCCOC(=O)CCc1ccccc2cc(C)c(C3=C([O-])/C(=C4\C(C)=CC5CCCCC(CCC(=O)OCCCC)C45)C3=O)c1-2. The van der Waals surface area contributed by atoms with E-state index >= 15 is 0 Å². The molecule has 0 bridgehead atoms. The van der Waals surface area contributed by atoms with Crippen molar-refractivity contribution in [2.24, 2.45) is 17.8 Å². The molecular formula is C40H49O6-. The van der Waals surface area contributed by atoms with E-state index in [0.29, 0.717) is 43.6 Å². The van der Waals surface area contributed by atoms with Crippen molar-refractivity contribution in [3.63, 3.8) is 0 Å². The lowest BCUT2D eigenvalue weighted by molar-refractivity contribution is -0.297. The van der Waals surface area contributed by atoms with E-state index in [-0.39, 0.29) is 53.2 Å². The minimum absolute atomic E-state index is 0.0694. The number of ether oxygens (including phenoxy) is 2. The van der Waals surface area contributed by atoms with Gasteiger partial charge in [-0.15, -0.1) is 0 Å². The highest BCUT2D eigenvalue weighted by Crippen LogP contribution is 2.53. The summed E-state index contributed by atoms with van der Waals surface area (Å²) in [5, 5.41) is 14.2. The summed E-state index contributed by atoms with van der Waals surface area (Å²) in [6, 6.07) is 9.91. The van der Waals surface area contributed by atoms with E-state index in [4.69, 9.17) is 9.47 Å². The third-order valence-corrected chi connectivity index (χ3v) is 10.1. The summed E-state index contributed by atoms with van der Waals surface area (Å²) in [6.45, 7) is 9.00. The average molecular weight is 626 g/mol. The van der Waals surface area contributed by atoms with Crippen LogP contribution in [0.5, 0.6) is 0 Å². The van der Waals surface area contributed by atoms with Gasteiger partial charge in [0.15, 0.2) is 5.78 Å². The van der Waals surface area contributed by atoms with Crippen molar-refractivity contribution in [3.05, 3.63) is 75.6 Å². The first-order valence-electron chi connectivity index (χ1n) is 17.5. The Morgan fingerprint density at radius 1 is 0.891 bits per heavy atom. The van der Waals surface area contributed by atoms with Crippen molar-refractivity contribution in [3.8, 4) is 11.1 Å². The van der Waals surface area contributed by atoms with Crippen LogP contribution in [0.2, 0.25) is 0 Å². The molecule has 0 radical (unpaired) electrons. The first-order chi connectivity index (χ1) is 22.3. The molecule has 0 amide bonds. The summed E-state index contributed by atoms with van der Waals surface area (Å²) in [7, 11) is 0. The molecule has 0 spiro atoms. The minimum Gasteiger partial charge on any atom is -0.871 e. The molecule has 5 rings (SSSR count). The van der Waals surface area contributed by atoms with Crippen LogP contribution in [-0.4, -0.2) is 30.9 Å². The van der Waals surface area contributed by atoms with E-state index < -0.39 is 0 Å². The maximum atomic E-state index is 14.2. The molecule has 0 aromatic heterocycles. The van der Waals surface area contributed by atoms with E-state index in [9.17, 15) is 19.5 Å². The molecular weight excluding hydrogens is 576 g/mol. The van der Waals surface area contributed by atoms with Crippen LogP contribution >= 0.6 is 0 Å². The maximum absolute atomic E-state index is 14.2. The zero-order chi connectivity index (χ0) is 32.8. The zero-order valence-electron chi connectivity index (χ0n) is 28.0. The van der Waals surface area contributed by atoms with Gasteiger partial charge in [0.2, 0.25) is 0 Å². The average Bonchev–Trinajstić information content (AvgIpc) is 3.32. The Balaban J connectivity index is 1.47. The van der Waals surface area contributed by atoms with Crippen LogP contribution in [0.4, 0.5) is 0 Å². The van der Waals surface area contributed by atoms with E-state index in [0.717, 1.165) is 84.8 Å². The van der Waals surface area contributed by atoms with Gasteiger partial charge in [0.1, 0.15) is 0 Å². The molecule has 0 aromatic rings. The van der Waals surface area contributed by atoms with Gasteiger partial charge in [0.25, 0.3) is 0 Å². The van der Waals surface area contributed by atoms with Crippen LogP contribution in [0.15, 0.2) is 58.9 Å². The second-order valence-electron chi connectivity index (χ2n) is 13.4. The van der Waals surface area contributed by atoms with Crippen LogP contribution in [0.3, 0.4) is 0 Å². The highest BCUT2D eigenvalue weighted by Gasteiger charge is 2.43. The van der Waals surface area contributed by atoms with Crippen molar-refractivity contribution >= 4 is 23.3 Å². The van der Waals surface area contributed by atoms with Crippen molar-refractivity contribution in [2.75, 3.05) is 13.2 Å². The lowest BCUT2D eigenvalue weighted by atomic mass is 9.71. The van der Waals surface area contributed by atoms with Gasteiger partial charge in [-0.25, -0.2) is 0 Å². The van der Waals surface area contributed by atoms with Crippen molar-refractivity contribution in [1.82, 2.24) is 0 Å². The van der Waals surface area contributed by atoms with Crippen LogP contribution in [0, 0.1) is 24.7 Å². The number of Topliss-reactive ketones (excluding diaryl/α,β-unsaturated/α-hetero) is 1. The molecule has 5 aliphatic carbocycles. The molecule has 246 valence electrons. The number of allylic oxidation sites excluding steroid dienone is 5. The number of carbonyl (C=O) groups excluding carboxylic acids is 3. The number of hydrogen-bond acceptors (Lipinski definition) is 6. The zero-order valence-corrected chi connectivity index (χ0v) is 28.0. The lowest BCUT2D eigenvalue weighted by Gasteiger charge is -2.37. The molecule has 1 saturated carbocycles. The summed E-state index contributed by atoms with van der Waals surface area (Å²) in [5.41, 5.74) is 6.87. The maximum Gasteiger partial charge on any atom is 0.306 e. The Morgan fingerprint density at radius 2 is 1.57 bits per heavy atom. The molecule has 6 heteroatoms. The van der Waals surface area contributed by atoms with Gasteiger partial charge in [-0.1, -0.05) is 87.3 Å². The number of esters is 2. The predicted molar refractivity (Wildman–Crippen MR) is 179 cm³/mol. The van der Waals surface area contributed by atoms with E-state index in [2.05, 4.69) is 19.9 Å². The molecule has 0 saturated heterocycles. The first kappa shape index (κ1) is 33.7. The molecule has 0 N–H and O–H groups in total. The molecule has 0 heterocycles. The highest BCUT2D eigenvalue weighted by atomic mass is 16.5. The number of unbranched alkanes of at least 4 members (excludes halogenated alkanes) is 2. The summed E-state index contributed by atoms with van der Waals surface area (Å²) >= 11 is 0. The van der Waals surface area contributed by atoms with Gasteiger partial charge in [0.05, 0.1) is 13.2 Å². The Morgan fingerprint density at radius 3 is 2.26 bits per heavy atom. The first-order valence-corrected chi connectivity index (χ1v) is 17.5. The van der Waals surface area contributed by atoms with Gasteiger partial charge in [-0.2, -0.15) is 0 Å². The summed E-state index contributed by atoms with van der Waals surface area (Å²) in [5.74, 6) is -0.186. The molecule has 3 unspecified atom stereocenters. The largest absolute Gasteiger partial charge is 0.871 e. The van der Waals surface area contributed by atoms with Crippen LogP contribution in [0.1, 0.15) is 108 Å². The van der Waals surface area contributed by atoms with Crippen LogP contribution in [-0.2, 0) is 30.3 Å². The molecule has 5 aliphatic rings. The van der Waals surface area contributed by atoms with Gasteiger partial charge >= 0.3 is 11.9 Å². The number of hydrogen-bond donors (Lipinski definition) is 0. The smallest absolute Gasteiger partial charge is 0.306 e. The molecule has 0 aliphatic heterocycles. The highest BCUT2D eigenvalue weighted by molar-refractivity contribution is 6.40. The van der Waals surface area contributed by atoms with Crippen LogP contribution in [0.25, 0.3) is 16.7 Å². The number of ketones is 1. The standard InChI is InChI=1S/C40H50O6/c1-5-7-21-45-31(41)19-17-27-13-9-11-15-29-23-25(3)33(35(27)29)37-39(43)38(40(37)44)34-26(4)24-30-16-12-10-14-28(36(30)34)18-20-32(42)46-22-8-6-2/h9,11,13,15,23-24,28,30,36,43H,5-8,10,12,14,16-22H2,1-4H3/p-1/b38-34-. The van der Waals surface area contributed by atoms with Crippen molar-refractivity contribution in [2.45, 2.75) is 105 Å². The third-order valence-electron chi connectivity index (χ3n) is 10.1. The Hall–Kier alpha value is -3.67. The Labute approximate surface area is 274 Å². The number of fused-ring (bicyclic) bond motifs is 2. The molecule has 6 nitrogen and oxygen atoms in total. The van der Waals surface area contributed by atoms with Gasteiger partial charge < -0.3 is 14.6 Å². The molecule has 1 fully saturated rings.